The van der Waals surface area contributed by atoms with E-state index in [1.165, 1.54) is 12.8 Å². The lowest BCUT2D eigenvalue weighted by Gasteiger charge is -2.36. The number of guanidine groups is 1. The van der Waals surface area contributed by atoms with Gasteiger partial charge in [-0.25, -0.2) is 0 Å². The number of rotatable bonds is 5. The molecule has 1 aromatic heterocycles. The molecular formula is C14H26IN5O. The molecule has 2 rings (SSSR count). The number of hydrogen-bond acceptors (Lipinski definition) is 4. The second-order valence-corrected chi connectivity index (χ2v) is 5.08. The number of piperazine rings is 1. The predicted octanol–water partition coefficient (Wildman–Crippen LogP) is 1.79. The quantitative estimate of drug-likeness (QED) is 0.349. The lowest BCUT2D eigenvalue weighted by molar-refractivity contribution is 0.169. The van der Waals surface area contributed by atoms with Crippen molar-refractivity contribution in [3.8, 4) is 0 Å². The maximum Gasteiger partial charge on any atom is 0.193 e. The van der Waals surface area contributed by atoms with Gasteiger partial charge in [-0.2, -0.15) is 0 Å². The average molecular weight is 407 g/mol. The van der Waals surface area contributed by atoms with Crippen molar-refractivity contribution < 1.29 is 4.52 Å². The molecule has 21 heavy (non-hydrogen) atoms. The van der Waals surface area contributed by atoms with E-state index < -0.39 is 0 Å². The molecule has 2 heterocycles. The van der Waals surface area contributed by atoms with E-state index in [1.54, 1.807) is 6.26 Å². The molecule has 0 spiro atoms. The van der Waals surface area contributed by atoms with Gasteiger partial charge in [-0.05, 0) is 6.42 Å². The van der Waals surface area contributed by atoms with E-state index in [0.717, 1.165) is 50.9 Å². The molecule has 7 heteroatoms. The predicted molar refractivity (Wildman–Crippen MR) is 95.0 cm³/mol. The highest BCUT2D eigenvalue weighted by molar-refractivity contribution is 14.0. The van der Waals surface area contributed by atoms with Crippen LogP contribution < -0.4 is 5.32 Å². The molecule has 1 aromatic rings. The van der Waals surface area contributed by atoms with Gasteiger partial charge in [-0.3, -0.25) is 9.89 Å². The molecule has 0 bridgehead atoms. The van der Waals surface area contributed by atoms with Crippen LogP contribution in [0.5, 0.6) is 0 Å². The first-order valence-electron chi connectivity index (χ1n) is 7.40. The summed E-state index contributed by atoms with van der Waals surface area (Å²) in [7, 11) is 1.86. The maximum absolute atomic E-state index is 4.87. The van der Waals surface area contributed by atoms with Crippen molar-refractivity contribution >= 4 is 29.9 Å². The summed E-state index contributed by atoms with van der Waals surface area (Å²) < 4.78 is 4.87. The van der Waals surface area contributed by atoms with Crippen molar-refractivity contribution in [2.45, 2.75) is 26.3 Å². The number of hydrogen-bond donors (Lipinski definition) is 1. The van der Waals surface area contributed by atoms with Crippen LogP contribution in [-0.2, 0) is 6.54 Å². The highest BCUT2D eigenvalue weighted by atomic mass is 127. The lowest BCUT2D eigenvalue weighted by Crippen LogP contribution is -2.52. The molecular weight excluding hydrogens is 381 g/mol. The first kappa shape index (κ1) is 18.2. The minimum absolute atomic E-state index is 0. The number of nitrogens with one attached hydrogen (secondary N) is 1. The standard InChI is InChI=1S/C14H25N5O.HI/c1-3-4-6-16-14(15-2)19-9-7-18(8-10-19)12-13-5-11-20-17-13;/h5,11H,3-4,6-10,12H2,1-2H3,(H,15,16);1H. The minimum atomic E-state index is 0. The van der Waals surface area contributed by atoms with Crippen molar-refractivity contribution in [3.05, 3.63) is 18.0 Å². The van der Waals surface area contributed by atoms with Crippen LogP contribution in [0.4, 0.5) is 0 Å². The number of unbranched alkanes of at least 4 members (excludes halogenated alkanes) is 1. The number of halogens is 1. The molecule has 0 radical (unpaired) electrons. The summed E-state index contributed by atoms with van der Waals surface area (Å²) in [6, 6.07) is 1.93. The van der Waals surface area contributed by atoms with Crippen molar-refractivity contribution in [1.82, 2.24) is 20.3 Å². The molecule has 1 fully saturated rings. The molecule has 1 N–H and O–H groups in total. The van der Waals surface area contributed by atoms with Gasteiger partial charge in [0.25, 0.3) is 0 Å². The van der Waals surface area contributed by atoms with Gasteiger partial charge in [0, 0.05) is 52.4 Å². The zero-order valence-corrected chi connectivity index (χ0v) is 15.2. The Morgan fingerprint density at radius 2 is 2.14 bits per heavy atom. The average Bonchev–Trinajstić information content (AvgIpc) is 2.98. The Morgan fingerprint density at radius 1 is 1.38 bits per heavy atom. The highest BCUT2D eigenvalue weighted by Crippen LogP contribution is 2.07. The monoisotopic (exact) mass is 407 g/mol. The van der Waals surface area contributed by atoms with E-state index >= 15 is 0 Å². The molecule has 6 nitrogen and oxygen atoms in total. The molecule has 0 aromatic carbocycles. The van der Waals surface area contributed by atoms with Crippen LogP contribution in [0.15, 0.2) is 21.8 Å². The Labute approximate surface area is 144 Å². The smallest absolute Gasteiger partial charge is 0.193 e. The lowest BCUT2D eigenvalue weighted by atomic mass is 10.3. The second kappa shape index (κ2) is 9.99. The Morgan fingerprint density at radius 3 is 2.71 bits per heavy atom. The van der Waals surface area contributed by atoms with E-state index in [2.05, 4.69) is 32.2 Å². The fraction of sp³-hybridized carbons (Fsp3) is 0.714. The van der Waals surface area contributed by atoms with Crippen molar-refractivity contribution in [2.24, 2.45) is 4.99 Å². The van der Waals surface area contributed by atoms with Gasteiger partial charge in [0.2, 0.25) is 0 Å². The first-order valence-corrected chi connectivity index (χ1v) is 7.40. The van der Waals surface area contributed by atoms with E-state index in [-0.39, 0.29) is 24.0 Å². The van der Waals surface area contributed by atoms with Crippen LogP contribution >= 0.6 is 24.0 Å². The Hall–Kier alpha value is -0.830. The van der Waals surface area contributed by atoms with Crippen LogP contribution in [0.25, 0.3) is 0 Å². The fourth-order valence-corrected chi connectivity index (χ4v) is 2.38. The normalized spacial score (nSPS) is 16.7. The molecule has 0 aliphatic carbocycles. The first-order chi connectivity index (χ1) is 9.83. The molecule has 0 saturated carbocycles. The topological polar surface area (TPSA) is 56.9 Å². The summed E-state index contributed by atoms with van der Waals surface area (Å²) in [5, 5.41) is 7.39. The molecule has 0 unspecified atom stereocenters. The van der Waals surface area contributed by atoms with Gasteiger partial charge in [0.1, 0.15) is 6.26 Å². The molecule has 120 valence electrons. The van der Waals surface area contributed by atoms with Crippen molar-refractivity contribution in [3.63, 3.8) is 0 Å². The van der Waals surface area contributed by atoms with Crippen LogP contribution in [0.3, 0.4) is 0 Å². The Bertz CT molecular complexity index is 402. The highest BCUT2D eigenvalue weighted by Gasteiger charge is 2.19. The number of aliphatic imine (C=N–C) groups is 1. The zero-order chi connectivity index (χ0) is 14.2. The maximum atomic E-state index is 4.87. The van der Waals surface area contributed by atoms with E-state index in [4.69, 9.17) is 4.52 Å². The largest absolute Gasteiger partial charge is 0.364 e. The molecule has 0 atom stereocenters. The zero-order valence-electron chi connectivity index (χ0n) is 12.9. The van der Waals surface area contributed by atoms with Gasteiger partial charge < -0.3 is 14.7 Å². The van der Waals surface area contributed by atoms with E-state index in [0.29, 0.717) is 0 Å². The van der Waals surface area contributed by atoms with E-state index in [1.807, 2.05) is 13.1 Å². The van der Waals surface area contributed by atoms with Gasteiger partial charge in [0.05, 0.1) is 5.69 Å². The SMILES string of the molecule is CCCCNC(=NC)N1CCN(Cc2ccon2)CC1.I. The summed E-state index contributed by atoms with van der Waals surface area (Å²) in [4.78, 5) is 9.09. The van der Waals surface area contributed by atoms with Gasteiger partial charge in [0.15, 0.2) is 5.96 Å². The van der Waals surface area contributed by atoms with Crippen LogP contribution in [0.2, 0.25) is 0 Å². The second-order valence-electron chi connectivity index (χ2n) is 5.08. The van der Waals surface area contributed by atoms with Gasteiger partial charge in [-0.1, -0.05) is 18.5 Å². The third kappa shape index (κ3) is 5.82. The van der Waals surface area contributed by atoms with Crippen LogP contribution in [0.1, 0.15) is 25.5 Å². The van der Waals surface area contributed by atoms with Gasteiger partial charge >= 0.3 is 0 Å². The van der Waals surface area contributed by atoms with Crippen LogP contribution in [-0.4, -0.2) is 60.7 Å². The van der Waals surface area contributed by atoms with Crippen molar-refractivity contribution in [1.29, 1.82) is 0 Å². The summed E-state index contributed by atoms with van der Waals surface area (Å²) in [5.41, 5.74) is 1.00. The fourth-order valence-electron chi connectivity index (χ4n) is 2.38. The Kier molecular flexibility index (Phi) is 8.67. The summed E-state index contributed by atoms with van der Waals surface area (Å²) in [6.07, 6.45) is 4.02. The summed E-state index contributed by atoms with van der Waals surface area (Å²) >= 11 is 0. The molecule has 1 aliphatic heterocycles. The summed E-state index contributed by atoms with van der Waals surface area (Å²) in [5.74, 6) is 1.03. The van der Waals surface area contributed by atoms with Gasteiger partial charge in [-0.15, -0.1) is 24.0 Å². The number of aromatic nitrogens is 1. The van der Waals surface area contributed by atoms with Crippen LogP contribution in [0, 0.1) is 0 Å². The third-order valence-electron chi connectivity index (χ3n) is 3.57. The molecule has 1 saturated heterocycles. The minimum Gasteiger partial charge on any atom is -0.364 e. The van der Waals surface area contributed by atoms with E-state index in [9.17, 15) is 0 Å². The number of nitrogens with zero attached hydrogens (tertiary/aromatic N) is 4. The third-order valence-corrected chi connectivity index (χ3v) is 3.57. The Balaban J connectivity index is 0.00000220. The van der Waals surface area contributed by atoms with Crippen molar-refractivity contribution in [2.75, 3.05) is 39.8 Å². The summed E-state index contributed by atoms with van der Waals surface area (Å²) in [6.45, 7) is 8.14. The molecule has 0 amide bonds. The molecule has 1 aliphatic rings.